The molecule has 0 aromatic rings. The third-order valence-corrected chi connectivity index (χ3v) is 4.52. The van der Waals surface area contributed by atoms with Crippen molar-refractivity contribution in [2.24, 2.45) is 0 Å². The van der Waals surface area contributed by atoms with Gasteiger partial charge in [0.25, 0.3) is 0 Å². The van der Waals surface area contributed by atoms with E-state index >= 15 is 0 Å². The molecule has 23 heavy (non-hydrogen) atoms. The summed E-state index contributed by atoms with van der Waals surface area (Å²) in [6.45, 7) is 2.27. The summed E-state index contributed by atoms with van der Waals surface area (Å²) in [7, 11) is 1.36. The zero-order valence-corrected chi connectivity index (χ0v) is 15.7. The summed E-state index contributed by atoms with van der Waals surface area (Å²) in [6.07, 6.45) is 19.0. The van der Waals surface area contributed by atoms with Gasteiger partial charge in [0.05, 0.1) is 19.6 Å². The average molecular weight is 329 g/mol. The molecule has 0 heterocycles. The van der Waals surface area contributed by atoms with Crippen molar-refractivity contribution < 1.29 is 14.6 Å². The van der Waals surface area contributed by atoms with E-state index in [0.717, 1.165) is 12.8 Å². The lowest BCUT2D eigenvalue weighted by molar-refractivity contribution is -0.142. The van der Waals surface area contributed by atoms with Crippen LogP contribution in [-0.2, 0) is 9.53 Å². The number of hydrogen-bond acceptors (Lipinski definition) is 3. The fourth-order valence-corrected chi connectivity index (χ4v) is 2.95. The van der Waals surface area contributed by atoms with Crippen LogP contribution in [0.3, 0.4) is 0 Å². The maximum atomic E-state index is 11.0. The molecule has 0 bridgehead atoms. The predicted octanol–water partition coefficient (Wildman–Crippen LogP) is 5.78. The first-order valence-corrected chi connectivity index (χ1v) is 9.95. The summed E-state index contributed by atoms with van der Waals surface area (Å²) in [5.41, 5.74) is 0. The van der Waals surface area contributed by atoms with Gasteiger partial charge in [0, 0.05) is 0 Å². The number of ether oxygens (including phenoxy) is 1. The van der Waals surface area contributed by atoms with Gasteiger partial charge in [-0.05, 0) is 6.42 Å². The number of carbonyl (C=O) groups excluding carboxylic acids is 1. The molecule has 3 heteroatoms. The van der Waals surface area contributed by atoms with Crippen LogP contribution in [-0.4, -0.2) is 24.3 Å². The van der Waals surface area contributed by atoms with Crippen LogP contribution in [0.1, 0.15) is 110 Å². The van der Waals surface area contributed by atoms with Crippen LogP contribution < -0.4 is 0 Å². The van der Waals surface area contributed by atoms with Crippen molar-refractivity contribution in [1.82, 2.24) is 0 Å². The number of unbranched alkanes of at least 4 members (excludes halogenated alkanes) is 13. The van der Waals surface area contributed by atoms with E-state index in [4.69, 9.17) is 0 Å². The van der Waals surface area contributed by atoms with E-state index in [1.165, 1.54) is 84.2 Å². The first-order valence-electron chi connectivity index (χ1n) is 9.95. The van der Waals surface area contributed by atoms with Gasteiger partial charge in [-0.2, -0.15) is 0 Å². The van der Waals surface area contributed by atoms with E-state index in [1.807, 2.05) is 0 Å². The Morgan fingerprint density at radius 1 is 0.783 bits per heavy atom. The zero-order valence-electron chi connectivity index (χ0n) is 15.7. The van der Waals surface area contributed by atoms with Crippen LogP contribution in [0.25, 0.3) is 0 Å². The van der Waals surface area contributed by atoms with E-state index < -0.39 is 6.10 Å². The molecule has 1 unspecified atom stereocenters. The van der Waals surface area contributed by atoms with Crippen LogP contribution in [0.15, 0.2) is 0 Å². The third-order valence-electron chi connectivity index (χ3n) is 4.52. The first-order chi connectivity index (χ1) is 11.2. The Balaban J connectivity index is 3.12. The predicted molar refractivity (Wildman–Crippen MR) is 97.6 cm³/mol. The largest absolute Gasteiger partial charge is 0.469 e. The van der Waals surface area contributed by atoms with Crippen molar-refractivity contribution in [1.29, 1.82) is 0 Å². The number of hydrogen-bond donors (Lipinski definition) is 1. The van der Waals surface area contributed by atoms with Crippen molar-refractivity contribution in [3.8, 4) is 0 Å². The Labute approximate surface area is 144 Å². The van der Waals surface area contributed by atoms with Gasteiger partial charge in [-0.3, -0.25) is 4.79 Å². The molecule has 0 rings (SSSR count). The summed E-state index contributed by atoms with van der Waals surface area (Å²) >= 11 is 0. The molecule has 0 aliphatic heterocycles. The number of esters is 1. The van der Waals surface area contributed by atoms with E-state index in [2.05, 4.69) is 11.7 Å². The van der Waals surface area contributed by atoms with Crippen molar-refractivity contribution in [2.45, 2.75) is 116 Å². The molecule has 0 spiro atoms. The highest BCUT2D eigenvalue weighted by molar-refractivity contribution is 5.69. The molecule has 3 nitrogen and oxygen atoms in total. The van der Waals surface area contributed by atoms with Gasteiger partial charge in [0.1, 0.15) is 0 Å². The highest BCUT2D eigenvalue weighted by Crippen LogP contribution is 2.14. The highest BCUT2D eigenvalue weighted by atomic mass is 16.5. The lowest BCUT2D eigenvalue weighted by Gasteiger charge is -2.08. The maximum Gasteiger partial charge on any atom is 0.308 e. The maximum absolute atomic E-state index is 11.0. The van der Waals surface area contributed by atoms with Gasteiger partial charge < -0.3 is 9.84 Å². The van der Waals surface area contributed by atoms with Crippen molar-refractivity contribution in [3.63, 3.8) is 0 Å². The molecule has 0 fully saturated rings. The molecule has 0 aliphatic rings. The monoisotopic (exact) mass is 328 g/mol. The molecule has 0 saturated heterocycles. The Bertz CT molecular complexity index is 253. The molecular weight excluding hydrogens is 288 g/mol. The standard InChI is InChI=1S/C20H40O3/c1-3-4-5-6-7-8-9-10-11-12-13-14-15-16-17-19(21)18-20(22)23-2/h19,21H,3-18H2,1-2H3. The van der Waals surface area contributed by atoms with Gasteiger partial charge >= 0.3 is 5.97 Å². The van der Waals surface area contributed by atoms with Crippen molar-refractivity contribution in [3.05, 3.63) is 0 Å². The highest BCUT2D eigenvalue weighted by Gasteiger charge is 2.09. The molecule has 0 aliphatic carbocycles. The Kier molecular flexibility index (Phi) is 17.3. The minimum atomic E-state index is -0.528. The van der Waals surface area contributed by atoms with Crippen molar-refractivity contribution >= 4 is 5.97 Å². The lowest BCUT2D eigenvalue weighted by Crippen LogP contribution is -2.14. The van der Waals surface area contributed by atoms with Gasteiger partial charge in [0.15, 0.2) is 0 Å². The summed E-state index contributed by atoms with van der Waals surface area (Å²) in [5, 5.41) is 9.64. The van der Waals surface area contributed by atoms with Crippen LogP contribution in [0, 0.1) is 0 Å². The smallest absolute Gasteiger partial charge is 0.308 e. The fourth-order valence-electron chi connectivity index (χ4n) is 2.95. The minimum Gasteiger partial charge on any atom is -0.469 e. The van der Waals surface area contributed by atoms with Gasteiger partial charge in [-0.25, -0.2) is 0 Å². The zero-order chi connectivity index (χ0) is 17.2. The van der Waals surface area contributed by atoms with Crippen LogP contribution in [0.4, 0.5) is 0 Å². The summed E-state index contributed by atoms with van der Waals surface area (Å²) in [6, 6.07) is 0. The minimum absolute atomic E-state index is 0.134. The van der Waals surface area contributed by atoms with E-state index in [0.29, 0.717) is 6.42 Å². The summed E-state index contributed by atoms with van der Waals surface area (Å²) in [4.78, 5) is 11.0. The Hall–Kier alpha value is -0.570. The Morgan fingerprint density at radius 2 is 1.17 bits per heavy atom. The molecule has 0 aromatic heterocycles. The van der Waals surface area contributed by atoms with Crippen LogP contribution >= 0.6 is 0 Å². The number of methoxy groups -OCH3 is 1. The SMILES string of the molecule is CCCCCCCCCCCCCCCCC(O)CC(=O)OC. The second-order valence-corrected chi connectivity index (χ2v) is 6.82. The second-order valence-electron chi connectivity index (χ2n) is 6.82. The van der Waals surface area contributed by atoms with E-state index in [9.17, 15) is 9.90 Å². The van der Waals surface area contributed by atoms with Crippen LogP contribution in [0.5, 0.6) is 0 Å². The molecule has 138 valence electrons. The molecular formula is C20H40O3. The number of rotatable bonds is 17. The van der Waals surface area contributed by atoms with Gasteiger partial charge in [-0.15, -0.1) is 0 Å². The van der Waals surface area contributed by atoms with Crippen LogP contribution in [0.2, 0.25) is 0 Å². The van der Waals surface area contributed by atoms with Gasteiger partial charge in [-0.1, -0.05) is 96.8 Å². The van der Waals surface area contributed by atoms with E-state index in [1.54, 1.807) is 0 Å². The topological polar surface area (TPSA) is 46.5 Å². The second kappa shape index (κ2) is 17.8. The quantitative estimate of drug-likeness (QED) is 0.272. The molecule has 0 saturated carbocycles. The number of aliphatic hydroxyl groups excluding tert-OH is 1. The number of aliphatic hydroxyl groups is 1. The number of carbonyl (C=O) groups is 1. The van der Waals surface area contributed by atoms with Gasteiger partial charge in [0.2, 0.25) is 0 Å². The molecule has 0 amide bonds. The Morgan fingerprint density at radius 3 is 1.57 bits per heavy atom. The van der Waals surface area contributed by atoms with Crippen molar-refractivity contribution in [2.75, 3.05) is 7.11 Å². The third kappa shape index (κ3) is 17.6. The normalized spacial score (nSPS) is 12.3. The molecule has 0 aromatic carbocycles. The summed E-state index contributed by atoms with van der Waals surface area (Å²) < 4.78 is 4.55. The molecule has 0 radical (unpaired) electrons. The average Bonchev–Trinajstić information content (AvgIpc) is 2.55. The molecule has 1 N–H and O–H groups in total. The fraction of sp³-hybridized carbons (Fsp3) is 0.950. The van der Waals surface area contributed by atoms with E-state index in [-0.39, 0.29) is 12.4 Å². The lowest BCUT2D eigenvalue weighted by atomic mass is 10.0. The first kappa shape index (κ1) is 22.4. The molecule has 1 atom stereocenters. The summed E-state index contributed by atoms with van der Waals surface area (Å²) in [5.74, 6) is -0.317.